The van der Waals surface area contributed by atoms with Crippen LogP contribution in [-0.2, 0) is 0 Å². The van der Waals surface area contributed by atoms with E-state index in [-0.39, 0.29) is 5.41 Å². The first-order valence-corrected chi connectivity index (χ1v) is 14.3. The first kappa shape index (κ1) is 33.7. The second-order valence-electron chi connectivity index (χ2n) is 11.2. The first-order chi connectivity index (χ1) is 17.9. The molecule has 1 aliphatic carbocycles. The topological polar surface area (TPSA) is 12.0 Å². The minimum absolute atomic E-state index is 0.138. The van der Waals surface area contributed by atoms with Gasteiger partial charge in [0.25, 0.3) is 0 Å². The molecule has 0 saturated heterocycles. The summed E-state index contributed by atoms with van der Waals surface area (Å²) in [6, 6.07) is 0. The molecule has 0 bridgehead atoms. The number of allylic oxidation sites excluding steroid dienone is 13. The van der Waals surface area contributed by atoms with E-state index in [4.69, 9.17) is 11.6 Å². The summed E-state index contributed by atoms with van der Waals surface area (Å²) in [5.74, 6) is 6.77. The summed E-state index contributed by atoms with van der Waals surface area (Å²) in [6.45, 7) is 24.0. The van der Waals surface area contributed by atoms with Gasteiger partial charge in [0.1, 0.15) is 5.83 Å². The number of halogens is 2. The second kappa shape index (κ2) is 17.3. The largest absolute Gasteiger partial charge is 0.316 e. The van der Waals surface area contributed by atoms with Crippen LogP contribution in [0.5, 0.6) is 0 Å². The monoisotopic (exact) mass is 537 g/mol. The van der Waals surface area contributed by atoms with Gasteiger partial charge in [-0.1, -0.05) is 99.6 Å². The third kappa shape index (κ3) is 12.5. The van der Waals surface area contributed by atoms with Crippen molar-refractivity contribution in [3.05, 3.63) is 93.9 Å². The number of hydrogen-bond acceptors (Lipinski definition) is 1. The van der Waals surface area contributed by atoms with Crippen LogP contribution in [0.3, 0.4) is 0 Å². The lowest BCUT2D eigenvalue weighted by Gasteiger charge is -2.27. The van der Waals surface area contributed by atoms with Crippen LogP contribution in [0.25, 0.3) is 0 Å². The Morgan fingerprint density at radius 2 is 1.74 bits per heavy atom. The van der Waals surface area contributed by atoms with E-state index >= 15 is 0 Å². The predicted molar refractivity (Wildman–Crippen MR) is 168 cm³/mol. The third-order valence-electron chi connectivity index (χ3n) is 6.83. The maximum absolute atomic E-state index is 14.6. The van der Waals surface area contributed by atoms with Crippen molar-refractivity contribution in [2.24, 2.45) is 11.3 Å². The molecule has 0 aromatic heterocycles. The van der Waals surface area contributed by atoms with Crippen molar-refractivity contribution in [2.75, 3.05) is 13.1 Å². The molecule has 1 N–H and O–H groups in total. The molecule has 1 saturated carbocycles. The van der Waals surface area contributed by atoms with Crippen molar-refractivity contribution in [1.82, 2.24) is 5.32 Å². The SMILES string of the molecule is C=C(C)/C=C(C(/C)=C/C=C/C#CC1(C)CCCCC1)\C(C)=C(C)\C(C(=C)F)=C(Cl)\C=C/CCNCC(C)C. The number of hydrogen-bond donors (Lipinski definition) is 1. The summed E-state index contributed by atoms with van der Waals surface area (Å²) in [7, 11) is 0. The molecular weight excluding hydrogens is 489 g/mol. The minimum Gasteiger partial charge on any atom is -0.316 e. The molecule has 1 rings (SSSR count). The normalized spacial score (nSPS) is 17.8. The van der Waals surface area contributed by atoms with Gasteiger partial charge in [0.15, 0.2) is 0 Å². The molecular formula is C35H49ClFN. The molecule has 0 aromatic carbocycles. The maximum Gasteiger partial charge on any atom is 0.125 e. The highest BCUT2D eigenvalue weighted by Gasteiger charge is 2.23. The van der Waals surface area contributed by atoms with Gasteiger partial charge in [-0.3, -0.25) is 0 Å². The van der Waals surface area contributed by atoms with E-state index in [0.29, 0.717) is 16.5 Å². The highest BCUT2D eigenvalue weighted by molar-refractivity contribution is 6.32. The standard InChI is InChI=1S/C35H49ClFN/c1-26(2)24-32(28(5)18-12-10-14-20-35(9)21-15-11-16-22-35)29(6)30(7)34(31(8)37)33(36)19-13-17-23-38-25-27(3)4/h10,12-13,18-19,24,27,38H,1,8,11,15-17,21-23,25H2,2-7,9H3/b12-10+,19-13-,28-18+,30-29+,32-24-,34-33+. The smallest absolute Gasteiger partial charge is 0.125 e. The summed E-state index contributed by atoms with van der Waals surface area (Å²) in [5.41, 5.74) is 5.08. The predicted octanol–water partition coefficient (Wildman–Crippen LogP) is 10.5. The van der Waals surface area contributed by atoms with Crippen LogP contribution < -0.4 is 5.32 Å². The van der Waals surface area contributed by atoms with E-state index in [2.05, 4.69) is 51.1 Å². The molecule has 0 aromatic rings. The Bertz CT molecular complexity index is 1070. The second-order valence-corrected chi connectivity index (χ2v) is 11.6. The number of rotatable bonds is 12. The fourth-order valence-corrected chi connectivity index (χ4v) is 4.85. The lowest BCUT2D eigenvalue weighted by atomic mass is 9.76. The molecule has 0 spiro atoms. The highest BCUT2D eigenvalue weighted by Crippen LogP contribution is 2.35. The molecule has 0 unspecified atom stereocenters. The molecule has 0 amide bonds. The molecule has 0 atom stereocenters. The van der Waals surface area contributed by atoms with Gasteiger partial charge >= 0.3 is 0 Å². The van der Waals surface area contributed by atoms with Crippen molar-refractivity contribution >= 4 is 11.6 Å². The molecule has 38 heavy (non-hydrogen) atoms. The van der Waals surface area contributed by atoms with E-state index in [1.165, 1.54) is 32.1 Å². The Morgan fingerprint density at radius 3 is 2.32 bits per heavy atom. The summed E-state index contributed by atoms with van der Waals surface area (Å²) < 4.78 is 14.6. The summed E-state index contributed by atoms with van der Waals surface area (Å²) in [4.78, 5) is 0. The van der Waals surface area contributed by atoms with Crippen LogP contribution in [0, 0.1) is 23.2 Å². The van der Waals surface area contributed by atoms with E-state index in [9.17, 15) is 4.39 Å². The van der Waals surface area contributed by atoms with Crippen LogP contribution in [-0.4, -0.2) is 13.1 Å². The van der Waals surface area contributed by atoms with Crippen molar-refractivity contribution in [1.29, 1.82) is 0 Å². The first-order valence-electron chi connectivity index (χ1n) is 13.9. The van der Waals surface area contributed by atoms with Gasteiger partial charge < -0.3 is 5.32 Å². The van der Waals surface area contributed by atoms with Crippen LogP contribution in [0.1, 0.15) is 87.0 Å². The van der Waals surface area contributed by atoms with Crippen molar-refractivity contribution in [3.8, 4) is 11.8 Å². The average Bonchev–Trinajstić information content (AvgIpc) is 2.83. The van der Waals surface area contributed by atoms with Crippen LogP contribution in [0.2, 0.25) is 0 Å². The number of nitrogens with one attached hydrogen (secondary N) is 1. The van der Waals surface area contributed by atoms with Gasteiger partial charge in [-0.05, 0) is 107 Å². The Morgan fingerprint density at radius 1 is 1.08 bits per heavy atom. The van der Waals surface area contributed by atoms with E-state index < -0.39 is 5.83 Å². The molecule has 0 radical (unpaired) electrons. The van der Waals surface area contributed by atoms with Crippen LogP contribution in [0.4, 0.5) is 4.39 Å². The third-order valence-corrected chi connectivity index (χ3v) is 7.14. The Labute approximate surface area is 238 Å². The lowest BCUT2D eigenvalue weighted by molar-refractivity contribution is 0.300. The van der Waals surface area contributed by atoms with Gasteiger partial charge in [0.2, 0.25) is 0 Å². The molecule has 0 aliphatic heterocycles. The zero-order valence-corrected chi connectivity index (χ0v) is 25.6. The fourth-order valence-electron chi connectivity index (χ4n) is 4.52. The lowest BCUT2D eigenvalue weighted by Crippen LogP contribution is -2.20. The highest BCUT2D eigenvalue weighted by atomic mass is 35.5. The Balaban J connectivity index is 3.20. The summed E-state index contributed by atoms with van der Waals surface area (Å²) in [5, 5.41) is 3.74. The fraction of sp³-hybridized carbons (Fsp3) is 0.486. The zero-order valence-electron chi connectivity index (χ0n) is 24.9. The minimum atomic E-state index is -0.544. The van der Waals surface area contributed by atoms with Gasteiger partial charge in [0, 0.05) is 11.0 Å². The van der Waals surface area contributed by atoms with Crippen molar-refractivity contribution < 1.29 is 4.39 Å². The van der Waals surface area contributed by atoms with Gasteiger partial charge in [-0.2, -0.15) is 0 Å². The van der Waals surface area contributed by atoms with E-state index in [1.54, 1.807) is 6.08 Å². The molecule has 3 heteroatoms. The van der Waals surface area contributed by atoms with Gasteiger partial charge in [0.05, 0.1) is 5.03 Å². The quantitative estimate of drug-likeness (QED) is 0.148. The van der Waals surface area contributed by atoms with Crippen molar-refractivity contribution in [3.63, 3.8) is 0 Å². The molecule has 1 aliphatic rings. The maximum atomic E-state index is 14.6. The van der Waals surface area contributed by atoms with Gasteiger partial charge in [-0.25, -0.2) is 4.39 Å². The Kier molecular flexibility index (Phi) is 15.3. The van der Waals surface area contributed by atoms with E-state index in [0.717, 1.165) is 47.4 Å². The molecule has 1 nitrogen and oxygen atoms in total. The van der Waals surface area contributed by atoms with Crippen molar-refractivity contribution in [2.45, 2.75) is 87.0 Å². The Hall–Kier alpha value is -2.34. The molecule has 0 heterocycles. The summed E-state index contributed by atoms with van der Waals surface area (Å²) >= 11 is 6.59. The van der Waals surface area contributed by atoms with Crippen LogP contribution >= 0.6 is 11.6 Å². The average molecular weight is 538 g/mol. The molecule has 208 valence electrons. The van der Waals surface area contributed by atoms with E-state index in [1.807, 2.05) is 58.1 Å². The molecule has 1 fully saturated rings. The van der Waals surface area contributed by atoms with Gasteiger partial charge in [-0.15, -0.1) is 0 Å². The zero-order chi connectivity index (χ0) is 28.7. The van der Waals surface area contributed by atoms with Crippen LogP contribution in [0.15, 0.2) is 93.9 Å². The summed E-state index contributed by atoms with van der Waals surface area (Å²) in [6.07, 6.45) is 18.7.